The summed E-state index contributed by atoms with van der Waals surface area (Å²) in [5.74, 6) is -3.17. The number of unbranched alkanes of at least 4 members (excludes halogenated alkanes) is 1. The molecular formula is C41H46N6O8. The zero-order valence-electron chi connectivity index (χ0n) is 31.1. The zero-order chi connectivity index (χ0) is 39.0. The third-order valence-electron chi connectivity index (χ3n) is 11.0. The van der Waals surface area contributed by atoms with Gasteiger partial charge in [0.15, 0.2) is 0 Å². The van der Waals surface area contributed by atoms with Crippen LogP contribution in [0.3, 0.4) is 0 Å². The van der Waals surface area contributed by atoms with E-state index in [0.717, 1.165) is 61.7 Å². The second-order valence-electron chi connectivity index (χ2n) is 15.1. The Hall–Kier alpha value is -5.60. The number of piperidine rings is 1. The molecule has 7 rings (SSSR count). The van der Waals surface area contributed by atoms with Gasteiger partial charge in [0, 0.05) is 64.7 Å². The first kappa shape index (κ1) is 37.7. The summed E-state index contributed by atoms with van der Waals surface area (Å²) >= 11 is 0. The van der Waals surface area contributed by atoms with Crippen molar-refractivity contribution in [2.24, 2.45) is 0 Å². The van der Waals surface area contributed by atoms with Crippen LogP contribution < -0.4 is 10.6 Å². The minimum atomic E-state index is -1.07. The molecule has 14 heteroatoms. The van der Waals surface area contributed by atoms with Gasteiger partial charge in [-0.15, -0.1) is 0 Å². The van der Waals surface area contributed by atoms with Crippen molar-refractivity contribution in [1.29, 1.82) is 0 Å². The van der Waals surface area contributed by atoms with E-state index in [4.69, 9.17) is 0 Å². The Labute approximate surface area is 319 Å². The van der Waals surface area contributed by atoms with E-state index in [1.807, 2.05) is 13.8 Å². The molecule has 4 aliphatic heterocycles. The Morgan fingerprint density at radius 1 is 0.873 bits per heavy atom. The number of carbonyl (C=O) groups is 6. The van der Waals surface area contributed by atoms with Crippen molar-refractivity contribution >= 4 is 41.1 Å². The molecule has 4 heterocycles. The number of phenols is 2. The molecule has 0 bridgehead atoms. The number of amides is 6. The molecule has 6 amide bonds. The Bertz CT molecular complexity index is 2070. The molecule has 0 aromatic heterocycles. The van der Waals surface area contributed by atoms with Crippen molar-refractivity contribution in [2.75, 3.05) is 38.0 Å². The Kier molecular flexibility index (Phi) is 10.7. The molecule has 3 aromatic carbocycles. The second kappa shape index (κ2) is 15.6. The van der Waals surface area contributed by atoms with Crippen LogP contribution in [0, 0.1) is 0 Å². The van der Waals surface area contributed by atoms with Crippen LogP contribution in [0.4, 0.5) is 5.69 Å². The van der Waals surface area contributed by atoms with E-state index in [9.17, 15) is 39.0 Å². The largest absolute Gasteiger partial charge is 0.508 e. The van der Waals surface area contributed by atoms with Crippen LogP contribution in [-0.2, 0) is 34.0 Å². The fraction of sp³-hybridized carbons (Fsp3) is 0.415. The molecule has 1 atom stereocenters. The van der Waals surface area contributed by atoms with Crippen molar-refractivity contribution in [2.45, 2.75) is 77.5 Å². The van der Waals surface area contributed by atoms with Gasteiger partial charge in [-0.25, -0.2) is 0 Å². The maximum absolute atomic E-state index is 13.4. The molecule has 1 unspecified atom stereocenters. The Balaban J connectivity index is 0.840. The second-order valence-corrected chi connectivity index (χ2v) is 15.1. The van der Waals surface area contributed by atoms with Crippen molar-refractivity contribution in [3.63, 3.8) is 0 Å². The summed E-state index contributed by atoms with van der Waals surface area (Å²) in [6.45, 7) is 10.1. The fourth-order valence-corrected chi connectivity index (χ4v) is 7.97. The van der Waals surface area contributed by atoms with Crippen molar-refractivity contribution in [3.05, 3.63) is 87.5 Å². The van der Waals surface area contributed by atoms with Crippen LogP contribution >= 0.6 is 0 Å². The van der Waals surface area contributed by atoms with Crippen LogP contribution in [0.15, 0.2) is 48.5 Å². The summed E-state index contributed by atoms with van der Waals surface area (Å²) < 4.78 is 0. The number of phenolic OH excluding ortho intramolecular Hbond substituents is 2. The number of benzene rings is 3. The third kappa shape index (κ3) is 7.82. The summed E-state index contributed by atoms with van der Waals surface area (Å²) in [6.07, 6.45) is 1.81. The SMILES string of the molecule is CC(C)c1cc(C(=O)N2Cc3ccc(CN4CCN(CCCCC(=O)Nc5cccc6c5C(=O)N(C5CCC(=O)NC5=O)C6=O)CC4)cc3C2)c(O)cc1O. The van der Waals surface area contributed by atoms with Crippen LogP contribution in [0.2, 0.25) is 0 Å². The highest BCUT2D eigenvalue weighted by atomic mass is 16.3. The molecule has 14 nitrogen and oxygen atoms in total. The van der Waals surface area contributed by atoms with Gasteiger partial charge in [-0.05, 0) is 72.2 Å². The van der Waals surface area contributed by atoms with Gasteiger partial charge in [-0.2, -0.15) is 0 Å². The number of piperazine rings is 1. The van der Waals surface area contributed by atoms with Crippen LogP contribution in [0.1, 0.15) is 105 Å². The third-order valence-corrected chi connectivity index (χ3v) is 11.0. The van der Waals surface area contributed by atoms with Crippen molar-refractivity contribution < 1.29 is 39.0 Å². The summed E-state index contributed by atoms with van der Waals surface area (Å²) in [7, 11) is 0. The van der Waals surface area contributed by atoms with E-state index >= 15 is 0 Å². The minimum Gasteiger partial charge on any atom is -0.508 e. The number of carbonyl (C=O) groups excluding carboxylic acids is 6. The van der Waals surface area contributed by atoms with E-state index in [0.29, 0.717) is 25.1 Å². The highest BCUT2D eigenvalue weighted by molar-refractivity contribution is 6.26. The maximum atomic E-state index is 13.4. The van der Waals surface area contributed by atoms with E-state index in [1.165, 1.54) is 17.7 Å². The van der Waals surface area contributed by atoms with Gasteiger partial charge in [-0.3, -0.25) is 43.9 Å². The fourth-order valence-electron chi connectivity index (χ4n) is 7.97. The standard InChI is InChI=1S/C41H46N6O8/c1-24(2)29-19-30(34(49)20-33(29)48)39(53)46-22-26-10-9-25(18-27(26)23-46)21-45-16-14-44(15-17-45)13-4-3-8-35(50)42-31-7-5-6-28-37(31)41(55)47(40(28)54)32-11-12-36(51)43-38(32)52/h5-7,9-10,18-20,24,32,48-49H,3-4,8,11-17,21-23H2,1-2H3,(H,42,50)(H,43,51,52). The lowest BCUT2D eigenvalue weighted by Crippen LogP contribution is -2.54. The molecule has 0 aliphatic carbocycles. The number of imide groups is 2. The van der Waals surface area contributed by atoms with Gasteiger partial charge in [0.1, 0.15) is 17.5 Å². The molecule has 288 valence electrons. The molecule has 0 radical (unpaired) electrons. The number of rotatable bonds is 11. The van der Waals surface area contributed by atoms with E-state index in [-0.39, 0.29) is 70.9 Å². The maximum Gasteiger partial charge on any atom is 0.264 e. The molecule has 0 saturated carbocycles. The summed E-state index contributed by atoms with van der Waals surface area (Å²) in [4.78, 5) is 84.1. The first-order valence-electron chi connectivity index (χ1n) is 18.9. The monoisotopic (exact) mass is 750 g/mol. The smallest absolute Gasteiger partial charge is 0.264 e. The molecular weight excluding hydrogens is 704 g/mol. The quantitative estimate of drug-likeness (QED) is 0.167. The molecule has 4 aliphatic rings. The molecule has 2 saturated heterocycles. The summed E-state index contributed by atoms with van der Waals surface area (Å²) in [6, 6.07) is 12.8. The zero-order valence-corrected chi connectivity index (χ0v) is 31.1. The van der Waals surface area contributed by atoms with E-state index < -0.39 is 29.7 Å². The van der Waals surface area contributed by atoms with Gasteiger partial charge >= 0.3 is 0 Å². The number of nitrogens with zero attached hydrogens (tertiary/aromatic N) is 4. The van der Waals surface area contributed by atoms with Crippen molar-refractivity contribution in [1.82, 2.24) is 24.9 Å². The lowest BCUT2D eigenvalue weighted by molar-refractivity contribution is -0.136. The summed E-state index contributed by atoms with van der Waals surface area (Å²) in [5.41, 5.74) is 4.60. The number of hydrogen-bond acceptors (Lipinski definition) is 10. The molecule has 55 heavy (non-hydrogen) atoms. The minimum absolute atomic E-state index is 0.00299. The normalized spacial score (nSPS) is 18.9. The molecule has 4 N–H and O–H groups in total. The van der Waals surface area contributed by atoms with Crippen LogP contribution in [0.5, 0.6) is 11.5 Å². The number of hydrogen-bond donors (Lipinski definition) is 4. The average molecular weight is 751 g/mol. The van der Waals surface area contributed by atoms with E-state index in [1.54, 1.807) is 23.1 Å². The number of aromatic hydroxyl groups is 2. The lowest BCUT2D eigenvalue weighted by Gasteiger charge is -2.34. The molecule has 3 aromatic rings. The predicted molar refractivity (Wildman–Crippen MR) is 201 cm³/mol. The van der Waals surface area contributed by atoms with Gasteiger partial charge in [0.2, 0.25) is 17.7 Å². The van der Waals surface area contributed by atoms with Crippen LogP contribution in [-0.4, -0.2) is 104 Å². The predicted octanol–water partition coefficient (Wildman–Crippen LogP) is 3.71. The van der Waals surface area contributed by atoms with Gasteiger partial charge in [0.05, 0.1) is 22.4 Å². The number of fused-ring (bicyclic) bond motifs is 2. The number of nitrogens with one attached hydrogen (secondary N) is 2. The highest BCUT2D eigenvalue weighted by Gasteiger charge is 2.45. The highest BCUT2D eigenvalue weighted by Crippen LogP contribution is 2.35. The average Bonchev–Trinajstić information content (AvgIpc) is 3.68. The Morgan fingerprint density at radius 2 is 1.62 bits per heavy atom. The van der Waals surface area contributed by atoms with Gasteiger partial charge in [0.25, 0.3) is 17.7 Å². The molecule has 0 spiro atoms. The summed E-state index contributed by atoms with van der Waals surface area (Å²) in [5, 5.41) is 25.6. The first-order valence-corrected chi connectivity index (χ1v) is 18.9. The van der Waals surface area contributed by atoms with Gasteiger partial charge in [-0.1, -0.05) is 38.1 Å². The van der Waals surface area contributed by atoms with E-state index in [2.05, 4.69) is 38.6 Å². The molecule has 2 fully saturated rings. The first-order chi connectivity index (χ1) is 26.4. The topological polar surface area (TPSA) is 180 Å². The number of anilines is 1. The van der Waals surface area contributed by atoms with Gasteiger partial charge < -0.3 is 25.3 Å². The Morgan fingerprint density at radius 3 is 2.36 bits per heavy atom. The van der Waals surface area contributed by atoms with Crippen LogP contribution in [0.25, 0.3) is 0 Å². The lowest BCUT2D eigenvalue weighted by atomic mass is 9.98. The van der Waals surface area contributed by atoms with Crippen molar-refractivity contribution in [3.8, 4) is 11.5 Å².